The number of ether oxygens (including phenoxy) is 1. The molecule has 2 rings (SSSR count). The van der Waals surface area contributed by atoms with E-state index in [0.717, 1.165) is 37.5 Å². The molecule has 1 aromatic rings. The smallest absolute Gasteiger partial charge is 0.208 e. The molecular formula is C14H24N2O2. The molecule has 1 aromatic heterocycles. The van der Waals surface area contributed by atoms with E-state index in [-0.39, 0.29) is 5.60 Å². The lowest BCUT2D eigenvalue weighted by atomic mass is 9.77. The molecule has 0 aliphatic heterocycles. The summed E-state index contributed by atoms with van der Waals surface area (Å²) < 4.78 is 11.3. The first-order valence-corrected chi connectivity index (χ1v) is 6.83. The van der Waals surface area contributed by atoms with E-state index in [0.29, 0.717) is 12.5 Å². The molecule has 1 aliphatic rings. The third kappa shape index (κ3) is 3.33. The number of nitrogens with one attached hydrogen (secondary N) is 1. The maximum atomic E-state index is 5.75. The van der Waals surface area contributed by atoms with Gasteiger partial charge in [0, 0.05) is 13.5 Å². The first-order valence-electron chi connectivity index (χ1n) is 6.83. The van der Waals surface area contributed by atoms with Crippen molar-refractivity contribution in [1.29, 1.82) is 0 Å². The second kappa shape index (κ2) is 5.85. The maximum Gasteiger partial charge on any atom is 0.208 e. The van der Waals surface area contributed by atoms with Crippen LogP contribution in [0.15, 0.2) is 10.6 Å². The first-order chi connectivity index (χ1) is 8.63. The number of nitrogens with zero attached hydrogens (tertiary/aromatic N) is 1. The molecule has 1 aliphatic carbocycles. The SMILES string of the molecule is COC1(Cc2cnc(CNCC(C)C)o2)CCC1. The lowest BCUT2D eigenvalue weighted by Gasteiger charge is -2.39. The molecule has 1 heterocycles. The van der Waals surface area contributed by atoms with Crippen LogP contribution in [0, 0.1) is 5.92 Å². The lowest BCUT2D eigenvalue weighted by molar-refractivity contribution is -0.0738. The molecule has 4 heteroatoms. The molecule has 0 amide bonds. The highest BCUT2D eigenvalue weighted by Gasteiger charge is 2.38. The van der Waals surface area contributed by atoms with E-state index in [2.05, 4.69) is 24.1 Å². The van der Waals surface area contributed by atoms with Crippen molar-refractivity contribution in [2.45, 2.75) is 51.7 Å². The number of hydrogen-bond acceptors (Lipinski definition) is 4. The molecule has 4 nitrogen and oxygen atoms in total. The molecule has 1 saturated carbocycles. The highest BCUT2D eigenvalue weighted by atomic mass is 16.5. The molecule has 102 valence electrons. The van der Waals surface area contributed by atoms with E-state index >= 15 is 0 Å². The second-order valence-corrected chi connectivity index (χ2v) is 5.66. The minimum absolute atomic E-state index is 0.0160. The van der Waals surface area contributed by atoms with Gasteiger partial charge >= 0.3 is 0 Å². The summed E-state index contributed by atoms with van der Waals surface area (Å²) in [6.45, 7) is 6.07. The maximum absolute atomic E-state index is 5.75. The third-order valence-corrected chi connectivity index (χ3v) is 3.62. The highest BCUT2D eigenvalue weighted by Crippen LogP contribution is 2.37. The average Bonchev–Trinajstić information content (AvgIpc) is 2.71. The van der Waals surface area contributed by atoms with Crippen molar-refractivity contribution in [1.82, 2.24) is 10.3 Å². The summed E-state index contributed by atoms with van der Waals surface area (Å²) in [7, 11) is 1.79. The van der Waals surface area contributed by atoms with Crippen LogP contribution in [-0.2, 0) is 17.7 Å². The van der Waals surface area contributed by atoms with Gasteiger partial charge in [0.15, 0.2) is 0 Å². The summed E-state index contributed by atoms with van der Waals surface area (Å²) in [5, 5.41) is 3.33. The molecular weight excluding hydrogens is 228 g/mol. The van der Waals surface area contributed by atoms with Crippen molar-refractivity contribution < 1.29 is 9.15 Å². The topological polar surface area (TPSA) is 47.3 Å². The summed E-state index contributed by atoms with van der Waals surface area (Å²) in [5.41, 5.74) is 0.0160. The van der Waals surface area contributed by atoms with Crippen molar-refractivity contribution in [3.8, 4) is 0 Å². The Hall–Kier alpha value is -0.870. The van der Waals surface area contributed by atoms with Gasteiger partial charge in [-0.25, -0.2) is 4.98 Å². The van der Waals surface area contributed by atoms with Crippen LogP contribution < -0.4 is 5.32 Å². The monoisotopic (exact) mass is 252 g/mol. The minimum atomic E-state index is 0.0160. The molecule has 0 unspecified atom stereocenters. The zero-order valence-electron chi connectivity index (χ0n) is 11.7. The van der Waals surface area contributed by atoms with Crippen LogP contribution in [0.2, 0.25) is 0 Å². The second-order valence-electron chi connectivity index (χ2n) is 5.66. The Morgan fingerprint density at radius 3 is 2.83 bits per heavy atom. The molecule has 1 fully saturated rings. The summed E-state index contributed by atoms with van der Waals surface area (Å²) in [5.74, 6) is 2.36. The number of methoxy groups -OCH3 is 1. The van der Waals surface area contributed by atoms with Gasteiger partial charge in [0.25, 0.3) is 0 Å². The van der Waals surface area contributed by atoms with Gasteiger partial charge in [0.2, 0.25) is 5.89 Å². The zero-order valence-corrected chi connectivity index (χ0v) is 11.7. The van der Waals surface area contributed by atoms with E-state index in [9.17, 15) is 0 Å². The summed E-state index contributed by atoms with van der Waals surface area (Å²) in [6, 6.07) is 0. The molecule has 0 bridgehead atoms. The van der Waals surface area contributed by atoms with Gasteiger partial charge in [0.05, 0.1) is 18.3 Å². The largest absolute Gasteiger partial charge is 0.444 e. The Kier molecular flexibility index (Phi) is 4.40. The Labute approximate surface area is 109 Å². The summed E-state index contributed by atoms with van der Waals surface area (Å²) in [4.78, 5) is 4.31. The molecule has 0 radical (unpaired) electrons. The van der Waals surface area contributed by atoms with Crippen LogP contribution in [0.5, 0.6) is 0 Å². The molecule has 0 atom stereocenters. The molecule has 0 saturated heterocycles. The Morgan fingerprint density at radius 1 is 1.50 bits per heavy atom. The number of oxazole rings is 1. The van der Waals surface area contributed by atoms with Crippen LogP contribution in [-0.4, -0.2) is 24.2 Å². The zero-order chi connectivity index (χ0) is 13.0. The minimum Gasteiger partial charge on any atom is -0.444 e. The van der Waals surface area contributed by atoms with Crippen LogP contribution in [0.1, 0.15) is 44.8 Å². The highest BCUT2D eigenvalue weighted by molar-refractivity contribution is 5.03. The quantitative estimate of drug-likeness (QED) is 0.810. The fraction of sp³-hybridized carbons (Fsp3) is 0.786. The predicted molar refractivity (Wildman–Crippen MR) is 70.3 cm³/mol. The Balaban J connectivity index is 1.82. The van der Waals surface area contributed by atoms with E-state index in [4.69, 9.17) is 9.15 Å². The molecule has 18 heavy (non-hydrogen) atoms. The fourth-order valence-electron chi connectivity index (χ4n) is 2.32. The normalized spacial score (nSPS) is 18.0. The molecule has 0 aromatic carbocycles. The Morgan fingerprint density at radius 2 is 2.28 bits per heavy atom. The van der Waals surface area contributed by atoms with E-state index in [1.807, 2.05) is 6.20 Å². The standard InChI is InChI=1S/C14H24N2O2/c1-11(2)8-15-10-13-16-9-12(18-13)7-14(17-3)5-4-6-14/h9,11,15H,4-8,10H2,1-3H3. The van der Waals surface area contributed by atoms with Crippen molar-refractivity contribution in [3.05, 3.63) is 17.8 Å². The van der Waals surface area contributed by atoms with E-state index in [1.165, 1.54) is 6.42 Å². The third-order valence-electron chi connectivity index (χ3n) is 3.62. The predicted octanol–water partition coefficient (Wildman–Crippen LogP) is 2.53. The van der Waals surface area contributed by atoms with Crippen molar-refractivity contribution >= 4 is 0 Å². The molecule has 0 spiro atoms. The van der Waals surface area contributed by atoms with Gasteiger partial charge in [0.1, 0.15) is 5.76 Å². The molecule has 1 N–H and O–H groups in total. The van der Waals surface area contributed by atoms with Gasteiger partial charge in [-0.3, -0.25) is 0 Å². The van der Waals surface area contributed by atoms with Gasteiger partial charge in [-0.15, -0.1) is 0 Å². The van der Waals surface area contributed by atoms with Gasteiger partial charge in [-0.05, 0) is 31.7 Å². The number of hydrogen-bond donors (Lipinski definition) is 1. The van der Waals surface area contributed by atoms with Crippen molar-refractivity contribution in [2.75, 3.05) is 13.7 Å². The van der Waals surface area contributed by atoms with E-state index < -0.39 is 0 Å². The van der Waals surface area contributed by atoms with Crippen LogP contribution in [0.25, 0.3) is 0 Å². The average molecular weight is 252 g/mol. The summed E-state index contributed by atoms with van der Waals surface area (Å²) >= 11 is 0. The Bertz CT molecular complexity index is 364. The first kappa shape index (κ1) is 13.6. The van der Waals surface area contributed by atoms with Crippen LogP contribution >= 0.6 is 0 Å². The number of rotatable bonds is 7. The van der Waals surface area contributed by atoms with Gasteiger partial charge in [-0.1, -0.05) is 13.8 Å². The fourth-order valence-corrected chi connectivity index (χ4v) is 2.32. The lowest BCUT2D eigenvalue weighted by Crippen LogP contribution is -2.41. The van der Waals surface area contributed by atoms with Crippen LogP contribution in [0.3, 0.4) is 0 Å². The van der Waals surface area contributed by atoms with Crippen molar-refractivity contribution in [2.24, 2.45) is 5.92 Å². The van der Waals surface area contributed by atoms with E-state index in [1.54, 1.807) is 7.11 Å². The van der Waals surface area contributed by atoms with Gasteiger partial charge < -0.3 is 14.5 Å². The summed E-state index contributed by atoms with van der Waals surface area (Å²) in [6.07, 6.45) is 6.20. The van der Waals surface area contributed by atoms with Gasteiger partial charge in [-0.2, -0.15) is 0 Å². The van der Waals surface area contributed by atoms with Crippen molar-refractivity contribution in [3.63, 3.8) is 0 Å². The van der Waals surface area contributed by atoms with Crippen LogP contribution in [0.4, 0.5) is 0 Å². The number of aromatic nitrogens is 1.